The molecule has 1 aliphatic rings. The van der Waals surface area contributed by atoms with Gasteiger partial charge in [0.2, 0.25) is 11.8 Å². The van der Waals surface area contributed by atoms with Gasteiger partial charge in [-0.3, -0.25) is 14.4 Å². The maximum Gasteiger partial charge on any atom is 0.251 e. The summed E-state index contributed by atoms with van der Waals surface area (Å²) < 4.78 is 0. The van der Waals surface area contributed by atoms with Gasteiger partial charge in [0.15, 0.2) is 0 Å². The highest BCUT2D eigenvalue weighted by Crippen LogP contribution is 2.19. The molecule has 166 valence electrons. The van der Waals surface area contributed by atoms with Crippen LogP contribution in [0.25, 0.3) is 0 Å². The number of rotatable bonds is 8. The van der Waals surface area contributed by atoms with E-state index in [0.29, 0.717) is 43.1 Å². The van der Waals surface area contributed by atoms with Crippen LogP contribution in [0.4, 0.5) is 0 Å². The Morgan fingerprint density at radius 2 is 1.83 bits per heavy atom. The molecule has 30 heavy (non-hydrogen) atoms. The van der Waals surface area contributed by atoms with Crippen molar-refractivity contribution in [3.05, 3.63) is 34.9 Å². The van der Waals surface area contributed by atoms with E-state index in [1.807, 2.05) is 14.1 Å². The van der Waals surface area contributed by atoms with E-state index in [9.17, 15) is 14.4 Å². The number of hydrogen-bond donors (Lipinski definition) is 2. The van der Waals surface area contributed by atoms with Crippen molar-refractivity contribution in [2.24, 2.45) is 11.3 Å². The lowest BCUT2D eigenvalue weighted by molar-refractivity contribution is -0.134. The van der Waals surface area contributed by atoms with Crippen LogP contribution in [0, 0.1) is 11.3 Å². The van der Waals surface area contributed by atoms with Gasteiger partial charge in [-0.15, -0.1) is 0 Å². The summed E-state index contributed by atoms with van der Waals surface area (Å²) in [6.45, 7) is 6.75. The van der Waals surface area contributed by atoms with Crippen molar-refractivity contribution in [2.75, 3.05) is 46.8 Å². The summed E-state index contributed by atoms with van der Waals surface area (Å²) in [5.41, 5.74) is 0.416. The van der Waals surface area contributed by atoms with E-state index >= 15 is 0 Å². The number of amides is 3. The molecule has 0 atom stereocenters. The summed E-state index contributed by atoms with van der Waals surface area (Å²) in [6.07, 6.45) is 1.27. The van der Waals surface area contributed by atoms with E-state index in [0.717, 1.165) is 6.54 Å². The first-order chi connectivity index (χ1) is 14.1. The van der Waals surface area contributed by atoms with Crippen LogP contribution in [0.1, 0.15) is 37.0 Å². The fourth-order valence-electron chi connectivity index (χ4n) is 3.77. The molecule has 0 saturated carbocycles. The topological polar surface area (TPSA) is 81.8 Å². The molecular weight excluding hydrogens is 404 g/mol. The zero-order valence-electron chi connectivity index (χ0n) is 18.3. The molecule has 0 bridgehead atoms. The van der Waals surface area contributed by atoms with Gasteiger partial charge >= 0.3 is 0 Å². The van der Waals surface area contributed by atoms with Crippen LogP contribution < -0.4 is 10.6 Å². The summed E-state index contributed by atoms with van der Waals surface area (Å²) in [7, 11) is 4.04. The van der Waals surface area contributed by atoms with Gasteiger partial charge in [-0.25, -0.2) is 0 Å². The monoisotopic (exact) mass is 436 g/mol. The molecule has 1 saturated heterocycles. The average Bonchev–Trinajstić information content (AvgIpc) is 2.69. The number of hydrogen-bond acceptors (Lipinski definition) is 4. The summed E-state index contributed by atoms with van der Waals surface area (Å²) in [4.78, 5) is 40.9. The maximum atomic E-state index is 12.5. The summed E-state index contributed by atoms with van der Waals surface area (Å²) >= 11 is 5.89. The number of benzene rings is 1. The standard InChI is InChI=1S/C22H33ClN4O3/c1-22(2,15-26(3)4)14-25-20(29)16-8-10-27(11-9-16)19(28)13-24-21(30)17-6-5-7-18(23)12-17/h5-7,12,16H,8-11,13-15H2,1-4H3,(H,24,30)(H,25,29). The lowest BCUT2D eigenvalue weighted by Crippen LogP contribution is -2.47. The molecule has 0 unspecified atom stereocenters. The summed E-state index contributed by atoms with van der Waals surface area (Å²) in [5, 5.41) is 6.18. The number of halogens is 1. The lowest BCUT2D eigenvalue weighted by Gasteiger charge is -2.33. The molecule has 0 radical (unpaired) electrons. The van der Waals surface area contributed by atoms with E-state index in [1.54, 1.807) is 29.2 Å². The van der Waals surface area contributed by atoms with Gasteiger partial charge in [-0.2, -0.15) is 0 Å². The summed E-state index contributed by atoms with van der Waals surface area (Å²) in [6, 6.07) is 6.59. The first-order valence-electron chi connectivity index (χ1n) is 10.3. The second kappa shape index (κ2) is 10.8. The second-order valence-corrected chi connectivity index (χ2v) is 9.40. The molecule has 2 rings (SSSR count). The Balaban J connectivity index is 1.73. The minimum atomic E-state index is -0.333. The predicted octanol–water partition coefficient (Wildman–Crippen LogP) is 2.01. The third-order valence-corrected chi connectivity index (χ3v) is 5.43. The van der Waals surface area contributed by atoms with E-state index in [2.05, 4.69) is 29.4 Å². The van der Waals surface area contributed by atoms with Gasteiger partial charge in [-0.1, -0.05) is 31.5 Å². The molecule has 0 aromatic heterocycles. The van der Waals surface area contributed by atoms with Gasteiger partial charge in [0.1, 0.15) is 0 Å². The number of carbonyl (C=O) groups excluding carboxylic acids is 3. The molecule has 0 spiro atoms. The van der Waals surface area contributed by atoms with Crippen molar-refractivity contribution in [2.45, 2.75) is 26.7 Å². The Labute approximate surface area is 184 Å². The second-order valence-electron chi connectivity index (χ2n) is 8.97. The molecule has 1 aromatic rings. The molecule has 7 nitrogen and oxygen atoms in total. The zero-order chi connectivity index (χ0) is 22.3. The number of nitrogens with zero attached hydrogens (tertiary/aromatic N) is 2. The van der Waals surface area contributed by atoms with Gasteiger partial charge in [0.05, 0.1) is 6.54 Å². The van der Waals surface area contributed by atoms with Crippen LogP contribution in [0.2, 0.25) is 5.02 Å². The van der Waals surface area contributed by atoms with E-state index in [4.69, 9.17) is 11.6 Å². The number of carbonyl (C=O) groups is 3. The Bertz CT molecular complexity index is 759. The SMILES string of the molecule is CN(C)CC(C)(C)CNC(=O)C1CCN(C(=O)CNC(=O)c2cccc(Cl)c2)CC1. The van der Waals surface area contributed by atoms with Crippen molar-refractivity contribution >= 4 is 29.3 Å². The third-order valence-electron chi connectivity index (χ3n) is 5.19. The van der Waals surface area contributed by atoms with Gasteiger partial charge < -0.3 is 20.4 Å². The molecule has 1 fully saturated rings. The number of piperidine rings is 1. The van der Waals surface area contributed by atoms with E-state index in [-0.39, 0.29) is 35.6 Å². The van der Waals surface area contributed by atoms with Crippen LogP contribution in [0.5, 0.6) is 0 Å². The van der Waals surface area contributed by atoms with E-state index < -0.39 is 0 Å². The Kier molecular flexibility index (Phi) is 8.67. The van der Waals surface area contributed by atoms with Crippen LogP contribution in [0.3, 0.4) is 0 Å². The smallest absolute Gasteiger partial charge is 0.251 e. The highest BCUT2D eigenvalue weighted by molar-refractivity contribution is 6.30. The van der Waals surface area contributed by atoms with Crippen LogP contribution in [-0.4, -0.2) is 74.3 Å². The van der Waals surface area contributed by atoms with Crippen molar-refractivity contribution in [3.8, 4) is 0 Å². The zero-order valence-corrected chi connectivity index (χ0v) is 19.1. The van der Waals surface area contributed by atoms with Crippen molar-refractivity contribution in [3.63, 3.8) is 0 Å². The predicted molar refractivity (Wildman–Crippen MR) is 118 cm³/mol. The highest BCUT2D eigenvalue weighted by Gasteiger charge is 2.28. The Morgan fingerprint density at radius 3 is 2.43 bits per heavy atom. The summed E-state index contributed by atoms with van der Waals surface area (Å²) in [5.74, 6) is -0.495. The molecule has 1 aromatic carbocycles. The molecule has 1 aliphatic heterocycles. The molecular formula is C22H33ClN4O3. The normalized spacial score (nSPS) is 15.2. The number of likely N-dealkylation sites (tertiary alicyclic amines) is 1. The third kappa shape index (κ3) is 7.61. The van der Waals surface area contributed by atoms with Gasteiger partial charge in [0, 0.05) is 42.7 Å². The van der Waals surface area contributed by atoms with Crippen LogP contribution in [-0.2, 0) is 9.59 Å². The fraction of sp³-hybridized carbons (Fsp3) is 0.591. The van der Waals surface area contributed by atoms with Crippen LogP contribution in [0.15, 0.2) is 24.3 Å². The molecule has 0 aliphatic carbocycles. The number of nitrogens with one attached hydrogen (secondary N) is 2. The van der Waals surface area contributed by atoms with Gasteiger partial charge in [0.25, 0.3) is 5.91 Å². The lowest BCUT2D eigenvalue weighted by atomic mass is 9.91. The Hall–Kier alpha value is -2.12. The van der Waals surface area contributed by atoms with Crippen LogP contribution >= 0.6 is 11.6 Å². The molecule has 8 heteroatoms. The first kappa shape index (κ1) is 24.2. The minimum absolute atomic E-state index is 0.00296. The fourth-order valence-corrected chi connectivity index (χ4v) is 3.96. The van der Waals surface area contributed by atoms with Crippen molar-refractivity contribution < 1.29 is 14.4 Å². The largest absolute Gasteiger partial charge is 0.355 e. The first-order valence-corrected chi connectivity index (χ1v) is 10.7. The van der Waals surface area contributed by atoms with E-state index in [1.165, 1.54) is 0 Å². The average molecular weight is 437 g/mol. The maximum absolute atomic E-state index is 12.5. The molecule has 1 heterocycles. The Morgan fingerprint density at radius 1 is 1.17 bits per heavy atom. The van der Waals surface area contributed by atoms with Gasteiger partial charge in [-0.05, 0) is 50.6 Å². The molecule has 3 amide bonds. The van der Waals surface area contributed by atoms with Crippen molar-refractivity contribution in [1.29, 1.82) is 0 Å². The molecule has 2 N–H and O–H groups in total. The highest BCUT2D eigenvalue weighted by atomic mass is 35.5. The van der Waals surface area contributed by atoms with Crippen molar-refractivity contribution in [1.82, 2.24) is 20.4 Å². The quantitative estimate of drug-likeness (QED) is 0.653. The minimum Gasteiger partial charge on any atom is -0.355 e.